The molecule has 2 aromatic heterocycles. The predicted octanol–water partition coefficient (Wildman–Crippen LogP) is 3.67. The van der Waals surface area contributed by atoms with E-state index >= 15 is 0 Å². The first kappa shape index (κ1) is 20.6. The number of halogens is 3. The zero-order chi connectivity index (χ0) is 23.3. The van der Waals surface area contributed by atoms with Crippen molar-refractivity contribution in [3.8, 4) is 0 Å². The second-order valence-electron chi connectivity index (χ2n) is 11.4. The van der Waals surface area contributed by atoms with Gasteiger partial charge in [-0.25, -0.2) is 9.78 Å². The molecular formula is C23H26F3N7O. The summed E-state index contributed by atoms with van der Waals surface area (Å²) in [5.74, 6) is 3.20. The van der Waals surface area contributed by atoms with Crippen LogP contribution in [0.5, 0.6) is 0 Å². The van der Waals surface area contributed by atoms with E-state index < -0.39 is 11.9 Å². The fourth-order valence-corrected chi connectivity index (χ4v) is 6.60. The van der Waals surface area contributed by atoms with Crippen LogP contribution in [0, 0.1) is 10.8 Å². The summed E-state index contributed by atoms with van der Waals surface area (Å²) in [6.45, 7) is 3.09. The molecule has 2 spiro atoms. The molecule has 8 nitrogen and oxygen atoms in total. The Morgan fingerprint density at radius 2 is 1.41 bits per heavy atom. The molecule has 5 aliphatic rings. The van der Waals surface area contributed by atoms with Gasteiger partial charge in [-0.3, -0.25) is 4.98 Å². The molecule has 0 aromatic carbocycles. The quantitative estimate of drug-likeness (QED) is 0.735. The highest BCUT2D eigenvalue weighted by atomic mass is 19.4. The Kier molecular flexibility index (Phi) is 4.06. The van der Waals surface area contributed by atoms with Crippen LogP contribution < -0.4 is 0 Å². The Bertz CT molecular complexity index is 1110. The van der Waals surface area contributed by atoms with Crippen LogP contribution in [0.2, 0.25) is 0 Å². The molecule has 180 valence electrons. The van der Waals surface area contributed by atoms with Crippen molar-refractivity contribution in [3.05, 3.63) is 35.4 Å². The Balaban J connectivity index is 0.866. The van der Waals surface area contributed by atoms with Crippen LogP contribution >= 0.6 is 0 Å². The third-order valence-corrected chi connectivity index (χ3v) is 8.62. The number of aromatic amines is 1. The van der Waals surface area contributed by atoms with Gasteiger partial charge in [0, 0.05) is 61.0 Å². The molecule has 5 fully saturated rings. The largest absolute Gasteiger partial charge is 0.434 e. The maximum atomic E-state index is 12.9. The highest BCUT2D eigenvalue weighted by Gasteiger charge is 2.59. The number of carbonyl (C=O) groups is 1. The summed E-state index contributed by atoms with van der Waals surface area (Å²) in [5.41, 5.74) is 0.00165. The van der Waals surface area contributed by atoms with Gasteiger partial charge in [0.1, 0.15) is 11.6 Å². The van der Waals surface area contributed by atoms with E-state index in [1.165, 1.54) is 19.0 Å². The molecule has 0 radical (unpaired) electrons. The molecule has 2 aromatic rings. The number of carbonyl (C=O) groups excluding carboxylic acids is 1. The third-order valence-electron chi connectivity index (χ3n) is 8.62. The number of hydrogen-bond acceptors (Lipinski definition) is 5. The molecule has 0 bridgehead atoms. The van der Waals surface area contributed by atoms with Crippen LogP contribution in [0.3, 0.4) is 0 Å². The van der Waals surface area contributed by atoms with Crippen LogP contribution in [0.4, 0.5) is 18.0 Å². The van der Waals surface area contributed by atoms with Gasteiger partial charge in [0.2, 0.25) is 0 Å². The lowest BCUT2D eigenvalue weighted by atomic mass is 9.56. The fraction of sp³-hybridized carbons (Fsp3) is 0.696. The minimum absolute atomic E-state index is 0.0976. The minimum atomic E-state index is -4.47. The molecule has 3 aliphatic carbocycles. The molecule has 34 heavy (non-hydrogen) atoms. The van der Waals surface area contributed by atoms with Crippen LogP contribution in [-0.2, 0) is 6.18 Å². The van der Waals surface area contributed by atoms with E-state index in [4.69, 9.17) is 0 Å². The van der Waals surface area contributed by atoms with E-state index in [1.807, 2.05) is 9.80 Å². The molecule has 2 amide bonds. The zero-order valence-corrected chi connectivity index (χ0v) is 18.7. The van der Waals surface area contributed by atoms with Gasteiger partial charge in [-0.05, 0) is 38.5 Å². The molecule has 7 rings (SSSR count). The summed E-state index contributed by atoms with van der Waals surface area (Å²) in [7, 11) is 0. The van der Waals surface area contributed by atoms with Gasteiger partial charge >= 0.3 is 12.2 Å². The Hall–Kier alpha value is -2.72. The van der Waals surface area contributed by atoms with E-state index in [-0.39, 0.29) is 22.8 Å². The maximum absolute atomic E-state index is 12.9. The Morgan fingerprint density at radius 1 is 0.853 bits per heavy atom. The number of amides is 2. The van der Waals surface area contributed by atoms with E-state index in [9.17, 15) is 18.0 Å². The molecule has 0 unspecified atom stereocenters. The van der Waals surface area contributed by atoms with Gasteiger partial charge in [-0.1, -0.05) is 0 Å². The van der Waals surface area contributed by atoms with Gasteiger partial charge in [-0.2, -0.15) is 13.2 Å². The van der Waals surface area contributed by atoms with Crippen molar-refractivity contribution < 1.29 is 18.0 Å². The van der Waals surface area contributed by atoms with Crippen LogP contribution in [0.25, 0.3) is 0 Å². The van der Waals surface area contributed by atoms with Crippen molar-refractivity contribution in [2.45, 2.75) is 62.5 Å². The van der Waals surface area contributed by atoms with Gasteiger partial charge in [0.15, 0.2) is 5.69 Å². The molecular weight excluding hydrogens is 447 g/mol. The SMILES string of the molecule is O=C(N1CC2(CC(c3cnc(C(F)(F)F)cn3)C2)C1)N1CC2(CC(c3nnc(C4CC4)[nH]3)C2)C1. The summed E-state index contributed by atoms with van der Waals surface area (Å²) >= 11 is 0. The number of rotatable bonds is 3. The Labute approximate surface area is 194 Å². The van der Waals surface area contributed by atoms with Crippen LogP contribution in [-0.4, -0.2) is 67.2 Å². The van der Waals surface area contributed by atoms with Crippen molar-refractivity contribution in [3.63, 3.8) is 0 Å². The summed E-state index contributed by atoms with van der Waals surface area (Å²) < 4.78 is 38.0. The average molecular weight is 474 g/mol. The normalized spacial score (nSPS) is 25.6. The highest BCUT2D eigenvalue weighted by Crippen LogP contribution is 2.58. The molecule has 4 heterocycles. The first-order valence-corrected chi connectivity index (χ1v) is 12.1. The zero-order valence-electron chi connectivity index (χ0n) is 18.7. The number of H-pyrrole nitrogens is 1. The summed E-state index contributed by atoms with van der Waals surface area (Å²) in [5, 5.41) is 8.64. The lowest BCUT2D eigenvalue weighted by Crippen LogP contribution is -2.70. The number of urea groups is 1. The molecule has 2 saturated heterocycles. The first-order chi connectivity index (χ1) is 16.2. The summed E-state index contributed by atoms with van der Waals surface area (Å²) in [6, 6.07) is 0.119. The van der Waals surface area contributed by atoms with Gasteiger partial charge in [0.25, 0.3) is 0 Å². The second kappa shape index (κ2) is 6.69. The van der Waals surface area contributed by atoms with E-state index in [1.54, 1.807) is 0 Å². The topological polar surface area (TPSA) is 90.9 Å². The van der Waals surface area contributed by atoms with Gasteiger partial charge in [0.05, 0.1) is 11.9 Å². The van der Waals surface area contributed by atoms with Crippen molar-refractivity contribution >= 4 is 6.03 Å². The number of nitrogens with zero attached hydrogens (tertiary/aromatic N) is 6. The third kappa shape index (κ3) is 3.22. The van der Waals surface area contributed by atoms with Gasteiger partial charge < -0.3 is 14.8 Å². The van der Waals surface area contributed by atoms with Crippen molar-refractivity contribution in [1.82, 2.24) is 34.9 Å². The summed E-state index contributed by atoms with van der Waals surface area (Å²) in [4.78, 5) is 27.7. The standard InChI is InChI=1S/C23H26F3N7O/c24-23(25,26)17-8-27-16(7-28-17)14-3-21(4-14)9-32(10-21)20(34)33-11-22(12-33)5-15(6-22)19-29-18(30-31-19)13-1-2-13/h7-8,13-15H,1-6,9-12H2,(H,29,30,31). The van der Waals surface area contributed by atoms with E-state index in [2.05, 4.69) is 25.1 Å². The minimum Gasteiger partial charge on any atom is -0.328 e. The first-order valence-electron chi connectivity index (χ1n) is 12.1. The number of likely N-dealkylation sites (tertiary alicyclic amines) is 2. The van der Waals surface area contributed by atoms with Gasteiger partial charge in [-0.15, -0.1) is 10.2 Å². The monoisotopic (exact) mass is 473 g/mol. The maximum Gasteiger partial charge on any atom is 0.434 e. The van der Waals surface area contributed by atoms with E-state index in [0.29, 0.717) is 17.5 Å². The number of nitrogens with one attached hydrogen (secondary N) is 1. The van der Waals surface area contributed by atoms with Crippen LogP contribution in [0.1, 0.15) is 79.3 Å². The second-order valence-corrected chi connectivity index (χ2v) is 11.4. The molecule has 3 saturated carbocycles. The summed E-state index contributed by atoms with van der Waals surface area (Å²) in [6.07, 6.45) is 3.85. The number of alkyl halides is 3. The molecule has 0 atom stereocenters. The fourth-order valence-electron chi connectivity index (χ4n) is 6.60. The smallest absolute Gasteiger partial charge is 0.328 e. The lowest BCUT2D eigenvalue weighted by Gasteiger charge is -2.63. The van der Waals surface area contributed by atoms with Crippen molar-refractivity contribution in [2.75, 3.05) is 26.2 Å². The number of hydrogen-bond donors (Lipinski definition) is 1. The Morgan fingerprint density at radius 3 is 1.91 bits per heavy atom. The van der Waals surface area contributed by atoms with Crippen molar-refractivity contribution in [1.29, 1.82) is 0 Å². The molecule has 1 N–H and O–H groups in total. The lowest BCUT2D eigenvalue weighted by molar-refractivity contribution is -0.141. The highest BCUT2D eigenvalue weighted by molar-refractivity contribution is 5.77. The predicted molar refractivity (Wildman–Crippen MR) is 113 cm³/mol. The number of aromatic nitrogens is 5. The van der Waals surface area contributed by atoms with E-state index in [0.717, 1.165) is 69.7 Å². The molecule has 11 heteroatoms. The molecule has 2 aliphatic heterocycles. The average Bonchev–Trinajstić information content (AvgIpc) is 3.41. The van der Waals surface area contributed by atoms with Crippen LogP contribution in [0.15, 0.2) is 12.4 Å². The van der Waals surface area contributed by atoms with Crippen molar-refractivity contribution in [2.24, 2.45) is 10.8 Å².